The van der Waals surface area contributed by atoms with Crippen LogP contribution in [0.5, 0.6) is 0 Å². The summed E-state index contributed by atoms with van der Waals surface area (Å²) in [6, 6.07) is 5.95. The number of H-pyrrole nitrogens is 2. The lowest BCUT2D eigenvalue weighted by molar-refractivity contribution is -0.143. The van der Waals surface area contributed by atoms with E-state index in [1.807, 2.05) is 6.07 Å². The highest BCUT2D eigenvalue weighted by molar-refractivity contribution is 5.98. The number of unbranched alkanes of at least 4 members (excludes halogenated alkanes) is 2. The third-order valence-corrected chi connectivity index (χ3v) is 11.5. The Kier molecular flexibility index (Phi) is 22.4. The second-order valence-electron chi connectivity index (χ2n) is 17.0. The number of rotatable bonds is 31. The summed E-state index contributed by atoms with van der Waals surface area (Å²) >= 11 is 0. The van der Waals surface area contributed by atoms with Crippen molar-refractivity contribution in [3.05, 3.63) is 90.1 Å². The normalized spacial score (nSPS) is 14.6. The summed E-state index contributed by atoms with van der Waals surface area (Å²) in [5.74, 6) is -7.84. The number of nitrogens with one attached hydrogen (secondary N) is 8. The van der Waals surface area contributed by atoms with Gasteiger partial charge in [0.2, 0.25) is 35.4 Å². The first kappa shape index (κ1) is 55.4. The number of imidazole rings is 1. The highest BCUT2D eigenvalue weighted by Gasteiger charge is 2.35. The maximum Gasteiger partial charge on any atom is 0.326 e. The number of aliphatic hydroxyl groups excluding tert-OH is 1. The number of carbonyl (C=O) groups is 8. The Bertz CT molecular complexity index is 2340. The van der Waals surface area contributed by atoms with E-state index >= 15 is 0 Å². The molecule has 380 valence electrons. The van der Waals surface area contributed by atoms with Gasteiger partial charge >= 0.3 is 11.9 Å². The fourth-order valence-electron chi connectivity index (χ4n) is 7.57. The Morgan fingerprint density at radius 3 is 1.74 bits per heavy atom. The number of para-hydroxylation sites is 1. The number of benzene rings is 2. The third kappa shape index (κ3) is 17.7. The van der Waals surface area contributed by atoms with E-state index in [-0.39, 0.29) is 38.6 Å². The number of aromatic nitrogens is 3. The zero-order valence-electron chi connectivity index (χ0n) is 39.0. The standard InChI is InChI=1S/C47H66N12O11/c1-27(60)40(59-43(65)35(16-8-10-20-49)54-41(63)32(50)23-30-25-51-26-53-30)46(68)58-38(22-29-24-52-33-14-6-5-13-31(29)33)45(67)55-34(15-7-9-19-48)42(64)57-37(21-28-11-3-2-4-12-28)44(66)56-36(47(69)70)17-18-39(61)62/h2-6,11-14,24-27,32,34-38,40,52,60H,7-10,15-23,48-50H2,1H3,(H,51,53)(H,54,63)(H,55,67)(H,56,66)(H,57,64)(H,58,68)(H,59,65)(H,61,62)(H,69,70)/t27-,32+,34+,35+,36+,37+,38+,40+/m1/s1. The lowest BCUT2D eigenvalue weighted by Gasteiger charge is -2.28. The van der Waals surface area contributed by atoms with Crippen LogP contribution in [0.1, 0.15) is 75.1 Å². The maximum absolute atomic E-state index is 14.6. The number of carboxylic acid groups (broad SMARTS) is 2. The number of aromatic amines is 2. The minimum absolute atomic E-state index is 0.00748. The molecule has 0 spiro atoms. The first-order valence-corrected chi connectivity index (χ1v) is 23.2. The van der Waals surface area contributed by atoms with Crippen LogP contribution in [0, 0.1) is 0 Å². The van der Waals surface area contributed by atoms with Crippen LogP contribution in [-0.4, -0.2) is 139 Å². The van der Waals surface area contributed by atoms with Gasteiger partial charge in [-0.15, -0.1) is 0 Å². The molecule has 2 heterocycles. The Hall–Kier alpha value is -7.21. The van der Waals surface area contributed by atoms with Gasteiger partial charge in [0.15, 0.2) is 0 Å². The number of nitrogens with zero attached hydrogens (tertiary/aromatic N) is 1. The van der Waals surface area contributed by atoms with Crippen molar-refractivity contribution in [2.75, 3.05) is 13.1 Å². The second-order valence-corrected chi connectivity index (χ2v) is 17.0. The minimum Gasteiger partial charge on any atom is -0.481 e. The molecule has 0 radical (unpaired) electrons. The number of carbonyl (C=O) groups excluding carboxylic acids is 6. The predicted molar refractivity (Wildman–Crippen MR) is 256 cm³/mol. The van der Waals surface area contributed by atoms with Gasteiger partial charge in [-0.25, -0.2) is 9.78 Å². The molecule has 0 saturated heterocycles. The molecule has 70 heavy (non-hydrogen) atoms. The number of aliphatic hydroxyl groups is 1. The molecule has 0 fully saturated rings. The van der Waals surface area contributed by atoms with E-state index in [0.29, 0.717) is 54.4 Å². The SMILES string of the molecule is C[C@@H](O)[C@H](NC(=O)[C@H](CCCCN)NC(=O)[C@@H](N)Cc1c[nH]cn1)C(=O)N[C@@H](Cc1c[nH]c2ccccc12)C(=O)N[C@@H](CCCCN)C(=O)N[C@@H](Cc1ccccc1)C(=O)N[C@@H](CCC(=O)O)C(=O)O. The van der Waals surface area contributed by atoms with Crippen molar-refractivity contribution in [3.8, 4) is 0 Å². The molecule has 0 aliphatic rings. The molecule has 8 atom stereocenters. The van der Waals surface area contributed by atoms with Gasteiger partial charge in [-0.1, -0.05) is 48.5 Å². The molecule has 4 rings (SSSR count). The smallest absolute Gasteiger partial charge is 0.326 e. The molecular formula is C47H66N12O11. The lowest BCUT2D eigenvalue weighted by atomic mass is 10.0. The van der Waals surface area contributed by atoms with Crippen molar-refractivity contribution in [2.24, 2.45) is 17.2 Å². The molecular weight excluding hydrogens is 909 g/mol. The van der Waals surface area contributed by atoms with Gasteiger partial charge in [-0.2, -0.15) is 0 Å². The summed E-state index contributed by atoms with van der Waals surface area (Å²) in [5, 5.41) is 46.1. The summed E-state index contributed by atoms with van der Waals surface area (Å²) in [4.78, 5) is 117. The number of aliphatic carboxylic acids is 2. The molecule has 2 aromatic heterocycles. The van der Waals surface area contributed by atoms with Crippen LogP contribution in [0.2, 0.25) is 0 Å². The Morgan fingerprint density at radius 1 is 0.614 bits per heavy atom. The number of carboxylic acids is 2. The molecule has 0 aliphatic carbocycles. The van der Waals surface area contributed by atoms with Gasteiger partial charge in [0.05, 0.1) is 24.2 Å². The van der Waals surface area contributed by atoms with Crippen molar-refractivity contribution in [2.45, 2.75) is 126 Å². The number of fused-ring (bicyclic) bond motifs is 1. The van der Waals surface area contributed by atoms with Crippen LogP contribution in [0.4, 0.5) is 0 Å². The average molecular weight is 975 g/mol. The van der Waals surface area contributed by atoms with Crippen molar-refractivity contribution in [1.29, 1.82) is 0 Å². The Morgan fingerprint density at radius 2 is 1.16 bits per heavy atom. The zero-order valence-corrected chi connectivity index (χ0v) is 39.0. The van der Waals surface area contributed by atoms with Gasteiger partial charge in [-0.3, -0.25) is 33.6 Å². The molecule has 4 aromatic rings. The molecule has 0 bridgehead atoms. The minimum atomic E-state index is -1.66. The monoisotopic (exact) mass is 974 g/mol. The first-order chi connectivity index (χ1) is 33.5. The molecule has 0 aliphatic heterocycles. The summed E-state index contributed by atoms with van der Waals surface area (Å²) in [6.45, 7) is 1.81. The van der Waals surface area contributed by atoms with Gasteiger partial charge in [-0.05, 0) is 82.2 Å². The van der Waals surface area contributed by atoms with Crippen molar-refractivity contribution < 1.29 is 53.7 Å². The molecule has 6 amide bonds. The van der Waals surface area contributed by atoms with Crippen molar-refractivity contribution in [3.63, 3.8) is 0 Å². The van der Waals surface area contributed by atoms with Crippen LogP contribution in [0.25, 0.3) is 10.9 Å². The second kappa shape index (κ2) is 28.3. The van der Waals surface area contributed by atoms with Crippen LogP contribution < -0.4 is 49.1 Å². The van der Waals surface area contributed by atoms with E-state index < -0.39 is 109 Å². The highest BCUT2D eigenvalue weighted by Crippen LogP contribution is 2.20. The number of hydrogen-bond acceptors (Lipinski definition) is 13. The van der Waals surface area contributed by atoms with Gasteiger partial charge < -0.3 is 74.4 Å². The number of hydrogen-bond donors (Lipinski definition) is 14. The topological polar surface area (TPSA) is 392 Å². The van der Waals surface area contributed by atoms with E-state index in [1.165, 1.54) is 13.3 Å². The quantitative estimate of drug-likeness (QED) is 0.0262. The molecule has 23 heteroatoms. The third-order valence-electron chi connectivity index (χ3n) is 11.5. The summed E-state index contributed by atoms with van der Waals surface area (Å²) in [7, 11) is 0. The summed E-state index contributed by atoms with van der Waals surface area (Å²) < 4.78 is 0. The van der Waals surface area contributed by atoms with E-state index in [0.717, 1.165) is 5.52 Å². The molecule has 23 nitrogen and oxygen atoms in total. The van der Waals surface area contributed by atoms with E-state index in [1.54, 1.807) is 60.9 Å². The van der Waals surface area contributed by atoms with E-state index in [4.69, 9.17) is 22.3 Å². The summed E-state index contributed by atoms with van der Waals surface area (Å²) in [5.41, 5.74) is 20.0. The van der Waals surface area contributed by atoms with E-state index in [2.05, 4.69) is 46.9 Å². The molecule has 0 unspecified atom stereocenters. The number of amides is 6. The fourth-order valence-corrected chi connectivity index (χ4v) is 7.57. The van der Waals surface area contributed by atoms with Gasteiger partial charge in [0.25, 0.3) is 0 Å². The van der Waals surface area contributed by atoms with Gasteiger partial charge in [0.1, 0.15) is 36.3 Å². The average Bonchev–Trinajstić information content (AvgIpc) is 4.00. The van der Waals surface area contributed by atoms with Gasteiger partial charge in [0, 0.05) is 49.0 Å². The van der Waals surface area contributed by atoms with Crippen LogP contribution in [0.3, 0.4) is 0 Å². The molecule has 17 N–H and O–H groups in total. The maximum atomic E-state index is 14.6. The predicted octanol–water partition coefficient (Wildman–Crippen LogP) is -1.26. The highest BCUT2D eigenvalue weighted by atomic mass is 16.4. The Balaban J connectivity index is 1.62. The van der Waals surface area contributed by atoms with Crippen LogP contribution in [0.15, 0.2) is 73.3 Å². The van der Waals surface area contributed by atoms with E-state index in [9.17, 15) is 48.6 Å². The van der Waals surface area contributed by atoms with Crippen molar-refractivity contribution >= 4 is 58.3 Å². The molecule has 2 aromatic carbocycles. The number of nitrogens with two attached hydrogens (primary N) is 3. The van der Waals surface area contributed by atoms with Crippen molar-refractivity contribution in [1.82, 2.24) is 46.9 Å². The largest absolute Gasteiger partial charge is 0.481 e. The molecule has 0 saturated carbocycles. The Labute approximate surface area is 404 Å². The summed E-state index contributed by atoms with van der Waals surface area (Å²) in [6.07, 6.45) is 3.72. The fraction of sp³-hybridized carbons (Fsp3) is 0.468. The van der Waals surface area contributed by atoms with Crippen LogP contribution in [-0.2, 0) is 57.6 Å². The lowest BCUT2D eigenvalue weighted by Crippen LogP contribution is -2.62. The first-order valence-electron chi connectivity index (χ1n) is 23.2. The zero-order chi connectivity index (χ0) is 51.2. The van der Waals surface area contributed by atoms with Crippen LogP contribution >= 0.6 is 0 Å².